The van der Waals surface area contributed by atoms with Crippen LogP contribution in [0.1, 0.15) is 59.4 Å². The number of Topliss-reactive ketones (excluding diaryl/α,β-unsaturated/α-hetero) is 2. The average Bonchev–Trinajstić information content (AvgIpc) is 2.79. The number of rotatable bonds is 17. The first kappa shape index (κ1) is 29.5. The predicted octanol–water partition coefficient (Wildman–Crippen LogP) is 3.96. The van der Waals surface area contributed by atoms with Crippen LogP contribution in [0.15, 0.2) is 24.3 Å². The van der Waals surface area contributed by atoms with Crippen LogP contribution in [0.25, 0.3) is 0 Å². The highest BCUT2D eigenvalue weighted by Gasteiger charge is 2.17. The molecule has 0 aliphatic carbocycles. The molecule has 190 valence electrons. The van der Waals surface area contributed by atoms with E-state index in [0.29, 0.717) is 31.9 Å². The maximum absolute atomic E-state index is 12.4. The second kappa shape index (κ2) is 16.1. The maximum Gasteiger partial charge on any atom is 0.308 e. The van der Waals surface area contributed by atoms with Gasteiger partial charge in [0, 0.05) is 36.8 Å². The summed E-state index contributed by atoms with van der Waals surface area (Å²) < 4.78 is 15.9. The minimum atomic E-state index is -0.471. The third-order valence-electron chi connectivity index (χ3n) is 5.09. The first-order valence-electron chi connectivity index (χ1n) is 11.9. The third kappa shape index (κ3) is 12.6. The Bertz CT molecular complexity index is 787. The van der Waals surface area contributed by atoms with Crippen molar-refractivity contribution < 1.29 is 33.4 Å². The van der Waals surface area contributed by atoms with Crippen LogP contribution < -0.4 is 5.32 Å². The van der Waals surface area contributed by atoms with Crippen molar-refractivity contribution in [2.75, 3.05) is 31.7 Å². The largest absolute Gasteiger partial charge is 0.461 e. The Labute approximate surface area is 202 Å². The molecular formula is C26H39NO7. The molecule has 0 radical (unpaired) electrons. The molecular weight excluding hydrogens is 438 g/mol. The Kier molecular flexibility index (Phi) is 14.0. The highest BCUT2D eigenvalue weighted by molar-refractivity contribution is 5.95. The van der Waals surface area contributed by atoms with Crippen LogP contribution in [-0.2, 0) is 40.0 Å². The fraction of sp³-hybridized carbons (Fsp3) is 0.615. The number of ketones is 2. The van der Waals surface area contributed by atoms with Gasteiger partial charge in [-0.25, -0.2) is 0 Å². The summed E-state index contributed by atoms with van der Waals surface area (Å²) in [5.74, 6) is -1.01. The molecule has 0 spiro atoms. The number of nitrogens with one attached hydrogen (secondary N) is 1. The zero-order valence-corrected chi connectivity index (χ0v) is 21.1. The summed E-state index contributed by atoms with van der Waals surface area (Å²) in [4.78, 5) is 47.5. The molecule has 0 saturated carbocycles. The molecule has 0 fully saturated rings. The van der Waals surface area contributed by atoms with Crippen molar-refractivity contribution in [3.63, 3.8) is 0 Å². The van der Waals surface area contributed by atoms with E-state index in [9.17, 15) is 19.2 Å². The molecule has 8 nitrogen and oxygen atoms in total. The smallest absolute Gasteiger partial charge is 0.308 e. The van der Waals surface area contributed by atoms with Crippen LogP contribution in [-0.4, -0.2) is 49.9 Å². The first-order valence-corrected chi connectivity index (χ1v) is 11.9. The van der Waals surface area contributed by atoms with Gasteiger partial charge in [-0.3, -0.25) is 19.2 Å². The molecule has 1 aromatic rings. The van der Waals surface area contributed by atoms with E-state index in [-0.39, 0.29) is 61.3 Å². The van der Waals surface area contributed by atoms with Crippen molar-refractivity contribution >= 4 is 29.1 Å². The summed E-state index contributed by atoms with van der Waals surface area (Å²) in [7, 11) is 0. The number of ether oxygens (including phenoxy) is 3. The van der Waals surface area contributed by atoms with Crippen molar-refractivity contribution in [1.82, 2.24) is 0 Å². The zero-order valence-electron chi connectivity index (χ0n) is 21.1. The second-order valence-corrected chi connectivity index (χ2v) is 8.94. The minimum Gasteiger partial charge on any atom is -0.461 e. The maximum atomic E-state index is 12.4. The minimum absolute atomic E-state index is 0.0171. The van der Waals surface area contributed by atoms with E-state index in [1.807, 2.05) is 13.8 Å². The van der Waals surface area contributed by atoms with Crippen LogP contribution in [0.3, 0.4) is 0 Å². The zero-order chi connectivity index (χ0) is 25.5. The topological polar surface area (TPSA) is 108 Å². The van der Waals surface area contributed by atoms with E-state index < -0.39 is 5.92 Å². The summed E-state index contributed by atoms with van der Waals surface area (Å²) in [6.45, 7) is 10.5. The van der Waals surface area contributed by atoms with Gasteiger partial charge in [0.05, 0.1) is 32.3 Å². The number of carbonyl (C=O) groups is 4. The standard InChI is InChI=1S/C26H39NO7/c1-18(2)24(29)11-13-33-15-14-32-12-10-23(28)16-20(5)25(30)27-22-8-6-21(7-9-22)17-34-26(31)19(3)4/h6-9,18-20H,10-17H2,1-5H3,(H,27,30)/t20-/m1/s1. The highest BCUT2D eigenvalue weighted by atomic mass is 16.5. The molecule has 1 amide bonds. The Morgan fingerprint density at radius 1 is 0.794 bits per heavy atom. The number of carbonyl (C=O) groups excluding carboxylic acids is 4. The van der Waals surface area contributed by atoms with Crippen LogP contribution in [0, 0.1) is 17.8 Å². The lowest BCUT2D eigenvalue weighted by atomic mass is 10.0. The van der Waals surface area contributed by atoms with E-state index in [1.54, 1.807) is 45.0 Å². The van der Waals surface area contributed by atoms with Crippen molar-refractivity contribution in [3.05, 3.63) is 29.8 Å². The fourth-order valence-corrected chi connectivity index (χ4v) is 2.78. The summed E-state index contributed by atoms with van der Waals surface area (Å²) >= 11 is 0. The summed E-state index contributed by atoms with van der Waals surface area (Å²) in [6, 6.07) is 7.03. The number of amides is 1. The molecule has 8 heteroatoms. The third-order valence-corrected chi connectivity index (χ3v) is 5.09. The molecule has 0 aliphatic heterocycles. The number of hydrogen-bond donors (Lipinski definition) is 1. The van der Waals surface area contributed by atoms with Crippen LogP contribution in [0.2, 0.25) is 0 Å². The fourth-order valence-electron chi connectivity index (χ4n) is 2.78. The van der Waals surface area contributed by atoms with Crippen molar-refractivity contribution in [2.24, 2.45) is 17.8 Å². The summed E-state index contributed by atoms with van der Waals surface area (Å²) in [6.07, 6.45) is 0.757. The molecule has 0 heterocycles. The van der Waals surface area contributed by atoms with Gasteiger partial charge in [-0.15, -0.1) is 0 Å². The predicted molar refractivity (Wildman–Crippen MR) is 129 cm³/mol. The highest BCUT2D eigenvalue weighted by Crippen LogP contribution is 2.14. The molecule has 0 unspecified atom stereocenters. The Balaban J connectivity index is 2.21. The molecule has 0 saturated heterocycles. The van der Waals surface area contributed by atoms with E-state index in [1.165, 1.54) is 0 Å². The van der Waals surface area contributed by atoms with Crippen LogP contribution in [0.4, 0.5) is 5.69 Å². The number of anilines is 1. The Morgan fingerprint density at radius 3 is 1.94 bits per heavy atom. The van der Waals surface area contributed by atoms with E-state index in [2.05, 4.69) is 5.32 Å². The molecule has 0 aliphatic rings. The van der Waals surface area contributed by atoms with Gasteiger partial charge in [0.1, 0.15) is 18.2 Å². The molecule has 1 atom stereocenters. The van der Waals surface area contributed by atoms with Crippen molar-refractivity contribution in [3.8, 4) is 0 Å². The first-order chi connectivity index (χ1) is 16.1. The lowest BCUT2D eigenvalue weighted by Crippen LogP contribution is -2.23. The molecule has 1 rings (SSSR count). The van der Waals surface area contributed by atoms with Crippen molar-refractivity contribution in [1.29, 1.82) is 0 Å². The van der Waals surface area contributed by atoms with Gasteiger partial charge in [-0.2, -0.15) is 0 Å². The number of hydrogen-bond acceptors (Lipinski definition) is 7. The molecule has 34 heavy (non-hydrogen) atoms. The molecule has 1 N–H and O–H groups in total. The summed E-state index contributed by atoms with van der Waals surface area (Å²) in [5, 5.41) is 2.80. The lowest BCUT2D eigenvalue weighted by molar-refractivity contribution is -0.148. The summed E-state index contributed by atoms with van der Waals surface area (Å²) in [5.41, 5.74) is 1.44. The van der Waals surface area contributed by atoms with Gasteiger partial charge >= 0.3 is 5.97 Å². The van der Waals surface area contributed by atoms with Gasteiger partial charge in [0.15, 0.2) is 0 Å². The van der Waals surface area contributed by atoms with Gasteiger partial charge < -0.3 is 19.5 Å². The van der Waals surface area contributed by atoms with Crippen LogP contribution in [0.5, 0.6) is 0 Å². The molecule has 0 aromatic heterocycles. The Morgan fingerprint density at radius 2 is 1.38 bits per heavy atom. The Hall–Kier alpha value is -2.58. The SMILES string of the molecule is CC(C)C(=O)CCOCCOCCC(=O)C[C@@H](C)C(=O)Nc1ccc(COC(=O)C(C)C)cc1. The molecule has 1 aromatic carbocycles. The second-order valence-electron chi connectivity index (χ2n) is 8.94. The monoisotopic (exact) mass is 477 g/mol. The normalized spacial score (nSPS) is 12.0. The number of esters is 1. The van der Waals surface area contributed by atoms with Gasteiger partial charge in [0.2, 0.25) is 5.91 Å². The average molecular weight is 478 g/mol. The quantitative estimate of drug-likeness (QED) is 0.267. The molecule has 0 bridgehead atoms. The van der Waals surface area contributed by atoms with E-state index >= 15 is 0 Å². The number of benzene rings is 1. The van der Waals surface area contributed by atoms with Gasteiger partial charge in [0.25, 0.3) is 0 Å². The van der Waals surface area contributed by atoms with E-state index in [4.69, 9.17) is 14.2 Å². The van der Waals surface area contributed by atoms with Crippen molar-refractivity contribution in [2.45, 2.75) is 60.5 Å². The van der Waals surface area contributed by atoms with Gasteiger partial charge in [-0.05, 0) is 17.7 Å². The van der Waals surface area contributed by atoms with Gasteiger partial charge in [-0.1, -0.05) is 46.8 Å². The van der Waals surface area contributed by atoms with Crippen LogP contribution >= 0.6 is 0 Å². The van der Waals surface area contributed by atoms with E-state index in [0.717, 1.165) is 5.56 Å². The lowest BCUT2D eigenvalue weighted by Gasteiger charge is -2.12.